The molecule has 0 saturated heterocycles. The van der Waals surface area contributed by atoms with Gasteiger partial charge in [0.2, 0.25) is 0 Å². The fourth-order valence-corrected chi connectivity index (χ4v) is 4.80. The smallest absolute Gasteiger partial charge is 0.257 e. The highest BCUT2D eigenvalue weighted by atomic mass is 16.3. The van der Waals surface area contributed by atoms with Crippen LogP contribution in [0.25, 0.3) is 0 Å². The van der Waals surface area contributed by atoms with E-state index in [-0.39, 0.29) is 11.8 Å². The molecule has 4 aromatic rings. The molecule has 0 fully saturated rings. The van der Waals surface area contributed by atoms with Gasteiger partial charge in [0, 0.05) is 23.6 Å². The average Bonchev–Trinajstić information content (AvgIpc) is 3.07. The fraction of sp³-hybridized carbons (Fsp3) is 0.138. The summed E-state index contributed by atoms with van der Waals surface area (Å²) in [5.74, 6) is -0.469. The van der Waals surface area contributed by atoms with Crippen LogP contribution in [0, 0.1) is 0 Å². The van der Waals surface area contributed by atoms with Gasteiger partial charge in [0.25, 0.3) is 5.91 Å². The van der Waals surface area contributed by atoms with Gasteiger partial charge in [-0.3, -0.25) is 4.79 Å². The van der Waals surface area contributed by atoms with E-state index in [9.17, 15) is 9.90 Å². The van der Waals surface area contributed by atoms with Crippen molar-refractivity contribution >= 4 is 5.91 Å². The van der Waals surface area contributed by atoms with Crippen molar-refractivity contribution in [1.29, 1.82) is 0 Å². The third-order valence-electron chi connectivity index (χ3n) is 6.36. The topological polar surface area (TPSA) is 40.5 Å². The molecule has 0 radical (unpaired) electrons. The third-order valence-corrected chi connectivity index (χ3v) is 6.36. The summed E-state index contributed by atoms with van der Waals surface area (Å²) in [5.41, 5.74) is 2.87. The summed E-state index contributed by atoms with van der Waals surface area (Å²) < 4.78 is 0. The lowest BCUT2D eigenvalue weighted by atomic mass is 9.79. The summed E-state index contributed by atoms with van der Waals surface area (Å²) in [7, 11) is 0. The molecule has 1 amide bonds. The average molecular weight is 420 g/mol. The lowest BCUT2D eigenvalue weighted by molar-refractivity contribution is -0.109. The lowest BCUT2D eigenvalue weighted by Crippen LogP contribution is -2.48. The number of hydrogen-bond donors (Lipinski definition) is 1. The molecule has 0 unspecified atom stereocenters. The van der Waals surface area contributed by atoms with Crippen LogP contribution < -0.4 is 0 Å². The highest BCUT2D eigenvalue weighted by Crippen LogP contribution is 2.48. The molecule has 0 spiro atoms. The Kier molecular flexibility index (Phi) is 5.34. The van der Waals surface area contributed by atoms with Gasteiger partial charge in [0.15, 0.2) is 5.72 Å². The Morgan fingerprint density at radius 1 is 0.688 bits per heavy atom. The van der Waals surface area contributed by atoms with Crippen LogP contribution in [0.2, 0.25) is 0 Å². The molecular weight excluding hydrogens is 394 g/mol. The van der Waals surface area contributed by atoms with Gasteiger partial charge >= 0.3 is 0 Å². The van der Waals surface area contributed by atoms with Gasteiger partial charge in [-0.25, -0.2) is 0 Å². The number of nitrogens with zero attached hydrogens (tertiary/aromatic N) is 1. The van der Waals surface area contributed by atoms with Crippen LogP contribution in [0.5, 0.6) is 0 Å². The molecule has 0 aromatic heterocycles. The number of fused-ring (bicyclic) bond motifs is 1. The quantitative estimate of drug-likeness (QED) is 0.447. The zero-order chi connectivity index (χ0) is 22.0. The summed E-state index contributed by atoms with van der Waals surface area (Å²) >= 11 is 0. The third kappa shape index (κ3) is 3.51. The molecule has 4 aromatic carbocycles. The normalized spacial score (nSPS) is 18.4. The van der Waals surface area contributed by atoms with Crippen molar-refractivity contribution in [3.63, 3.8) is 0 Å². The number of benzene rings is 4. The molecule has 0 bridgehead atoms. The van der Waals surface area contributed by atoms with E-state index < -0.39 is 5.72 Å². The maximum Gasteiger partial charge on any atom is 0.257 e. The molecule has 3 heteroatoms. The zero-order valence-corrected chi connectivity index (χ0v) is 17.8. The number of carbonyl (C=O) groups excluding carboxylic acids is 1. The molecular formula is C29H25NO2. The van der Waals surface area contributed by atoms with Gasteiger partial charge in [-0.1, -0.05) is 109 Å². The molecule has 0 saturated carbocycles. The van der Waals surface area contributed by atoms with Crippen LogP contribution in [0.15, 0.2) is 115 Å². The minimum Gasteiger partial charge on any atom is -0.366 e. The van der Waals surface area contributed by atoms with Crippen molar-refractivity contribution < 1.29 is 9.90 Å². The molecule has 1 aliphatic heterocycles. The second-order valence-corrected chi connectivity index (χ2v) is 8.30. The van der Waals surface area contributed by atoms with E-state index in [4.69, 9.17) is 0 Å². The number of aliphatic hydroxyl groups is 1. The van der Waals surface area contributed by atoms with Gasteiger partial charge in [0.05, 0.1) is 0 Å². The monoisotopic (exact) mass is 419 g/mol. The van der Waals surface area contributed by atoms with Gasteiger partial charge in [-0.15, -0.1) is 0 Å². The van der Waals surface area contributed by atoms with Crippen molar-refractivity contribution in [2.75, 3.05) is 0 Å². The van der Waals surface area contributed by atoms with Crippen molar-refractivity contribution in [2.24, 2.45) is 0 Å². The van der Waals surface area contributed by atoms with E-state index >= 15 is 0 Å². The van der Waals surface area contributed by atoms with E-state index in [1.54, 1.807) is 4.90 Å². The van der Waals surface area contributed by atoms with Gasteiger partial charge in [0.1, 0.15) is 0 Å². The molecule has 3 nitrogen and oxygen atoms in total. The van der Waals surface area contributed by atoms with Crippen molar-refractivity contribution in [3.8, 4) is 0 Å². The van der Waals surface area contributed by atoms with Gasteiger partial charge < -0.3 is 10.0 Å². The molecule has 0 aliphatic carbocycles. The second-order valence-electron chi connectivity index (χ2n) is 8.30. The Morgan fingerprint density at radius 2 is 1.22 bits per heavy atom. The first-order valence-electron chi connectivity index (χ1n) is 10.9. The SMILES string of the molecule is O=C1c2ccccc2[C@@](O)([C@@H](Cc2ccccc2)c2ccccc2)N1Cc1ccccc1. The van der Waals surface area contributed by atoms with Crippen LogP contribution >= 0.6 is 0 Å². The summed E-state index contributed by atoms with van der Waals surface area (Å²) in [6.45, 7) is 0.336. The Labute approximate surface area is 188 Å². The predicted octanol–water partition coefficient (Wildman–Crippen LogP) is 5.51. The van der Waals surface area contributed by atoms with Crippen molar-refractivity contribution in [1.82, 2.24) is 4.90 Å². The van der Waals surface area contributed by atoms with Crippen molar-refractivity contribution in [3.05, 3.63) is 143 Å². The predicted molar refractivity (Wildman–Crippen MR) is 126 cm³/mol. The van der Waals surface area contributed by atoms with Crippen LogP contribution in [-0.2, 0) is 18.7 Å². The Bertz CT molecular complexity index is 1210. The molecule has 2 atom stereocenters. The molecule has 158 valence electrons. The van der Waals surface area contributed by atoms with Gasteiger partial charge in [-0.2, -0.15) is 0 Å². The Morgan fingerprint density at radius 3 is 1.88 bits per heavy atom. The van der Waals surface area contributed by atoms with Crippen LogP contribution in [0.1, 0.15) is 38.5 Å². The summed E-state index contributed by atoms with van der Waals surface area (Å²) in [6.07, 6.45) is 0.605. The van der Waals surface area contributed by atoms with Gasteiger partial charge in [-0.05, 0) is 29.2 Å². The van der Waals surface area contributed by atoms with E-state index in [2.05, 4.69) is 12.1 Å². The first-order valence-corrected chi connectivity index (χ1v) is 10.9. The molecule has 5 rings (SSSR count). The number of amides is 1. The highest BCUT2D eigenvalue weighted by Gasteiger charge is 2.53. The number of rotatable bonds is 6. The fourth-order valence-electron chi connectivity index (χ4n) is 4.80. The number of hydrogen-bond acceptors (Lipinski definition) is 2. The zero-order valence-electron chi connectivity index (χ0n) is 17.8. The standard InChI is InChI=1S/C29H25NO2/c31-28-25-18-10-11-19-26(25)29(32,30(28)21-23-14-6-2-7-15-23)27(24-16-8-3-9-17-24)20-22-12-4-1-5-13-22/h1-19,27,32H,20-21H2/t27-,29+/m0/s1. The number of carbonyl (C=O) groups is 1. The van der Waals surface area contributed by atoms with Crippen molar-refractivity contribution in [2.45, 2.75) is 24.6 Å². The van der Waals surface area contributed by atoms with E-state index in [1.165, 1.54) is 0 Å². The molecule has 1 aliphatic rings. The van der Waals surface area contributed by atoms with Crippen LogP contribution in [0.4, 0.5) is 0 Å². The minimum atomic E-state index is -1.47. The summed E-state index contributed by atoms with van der Waals surface area (Å²) in [6, 6.07) is 37.5. The maximum atomic E-state index is 13.6. The molecule has 1 heterocycles. The maximum absolute atomic E-state index is 13.6. The minimum absolute atomic E-state index is 0.138. The molecule has 1 N–H and O–H groups in total. The molecule has 32 heavy (non-hydrogen) atoms. The summed E-state index contributed by atoms with van der Waals surface area (Å²) in [5, 5.41) is 12.5. The lowest BCUT2D eigenvalue weighted by Gasteiger charge is -2.41. The second kappa shape index (κ2) is 8.45. The first-order chi connectivity index (χ1) is 15.7. The van der Waals surface area contributed by atoms with E-state index in [1.807, 2.05) is 103 Å². The first kappa shape index (κ1) is 20.2. The Balaban J connectivity index is 1.67. The van der Waals surface area contributed by atoms with E-state index in [0.29, 0.717) is 24.1 Å². The van der Waals surface area contributed by atoms with Crippen LogP contribution in [0.3, 0.4) is 0 Å². The van der Waals surface area contributed by atoms with Crippen LogP contribution in [-0.4, -0.2) is 15.9 Å². The largest absolute Gasteiger partial charge is 0.366 e. The van der Waals surface area contributed by atoms with E-state index in [0.717, 1.165) is 16.7 Å². The summed E-state index contributed by atoms with van der Waals surface area (Å²) in [4.78, 5) is 15.2. The highest BCUT2D eigenvalue weighted by molar-refractivity contribution is 5.99. The Hall–Kier alpha value is -3.69.